The van der Waals surface area contributed by atoms with Crippen LogP contribution >= 0.6 is 0 Å². The summed E-state index contributed by atoms with van der Waals surface area (Å²) < 4.78 is 1.78. The van der Waals surface area contributed by atoms with E-state index in [1.54, 1.807) is 4.68 Å². The van der Waals surface area contributed by atoms with Gasteiger partial charge in [0.05, 0.1) is 5.69 Å². The third-order valence-electron chi connectivity index (χ3n) is 4.20. The van der Waals surface area contributed by atoms with E-state index in [-0.39, 0.29) is 0 Å². The summed E-state index contributed by atoms with van der Waals surface area (Å²) in [5, 5.41) is 11.9. The number of fused-ring (bicyclic) bond motifs is 1. The predicted molar refractivity (Wildman–Crippen MR) is 79.5 cm³/mol. The van der Waals surface area contributed by atoms with Crippen LogP contribution in [0.3, 0.4) is 0 Å². The molecule has 0 saturated heterocycles. The predicted octanol–water partition coefficient (Wildman–Crippen LogP) is 1.75. The average molecular weight is 270 g/mol. The fourth-order valence-electron chi connectivity index (χ4n) is 3.26. The Balaban J connectivity index is 1.72. The van der Waals surface area contributed by atoms with Gasteiger partial charge in [-0.1, -0.05) is 36.4 Å². The van der Waals surface area contributed by atoms with E-state index < -0.39 is 0 Å². The summed E-state index contributed by atoms with van der Waals surface area (Å²) >= 11 is 0. The van der Waals surface area contributed by atoms with Crippen LogP contribution in [-0.4, -0.2) is 27.6 Å². The molecular formula is C16H22N4. The van der Waals surface area contributed by atoms with Gasteiger partial charge in [0.2, 0.25) is 0 Å². The van der Waals surface area contributed by atoms with Crippen LogP contribution in [-0.2, 0) is 26.3 Å². The van der Waals surface area contributed by atoms with Gasteiger partial charge in [-0.05, 0) is 36.4 Å². The Bertz CT molecular complexity index is 550. The van der Waals surface area contributed by atoms with Crippen LogP contribution in [0, 0.1) is 5.92 Å². The first kappa shape index (κ1) is 13.3. The monoisotopic (exact) mass is 270 g/mol. The molecule has 1 aromatic heterocycles. The van der Waals surface area contributed by atoms with Crippen molar-refractivity contribution in [1.29, 1.82) is 0 Å². The molecule has 1 N–H and O–H groups in total. The summed E-state index contributed by atoms with van der Waals surface area (Å²) in [6, 6.07) is 9.30. The molecule has 1 atom stereocenters. The molecule has 3 rings (SSSR count). The smallest absolute Gasteiger partial charge is 0.0842 e. The molecule has 0 spiro atoms. The Labute approximate surface area is 120 Å². The second kappa shape index (κ2) is 5.75. The highest BCUT2D eigenvalue weighted by molar-refractivity contribution is 5.32. The van der Waals surface area contributed by atoms with Crippen molar-refractivity contribution in [3.8, 4) is 0 Å². The van der Waals surface area contributed by atoms with E-state index in [9.17, 15) is 0 Å². The van der Waals surface area contributed by atoms with Crippen molar-refractivity contribution in [2.45, 2.75) is 32.2 Å². The number of aromatic nitrogens is 3. The standard InChI is InChI=1S/C16H22N4/c1-3-17-16(10-15-11-20(2)19-18-15)14-8-12-6-4-5-7-13(12)9-14/h4-7,11,14,16-17H,3,8-10H2,1-2H3. The number of nitrogens with zero attached hydrogens (tertiary/aromatic N) is 3. The van der Waals surface area contributed by atoms with E-state index in [4.69, 9.17) is 0 Å². The SMILES string of the molecule is CCNC(Cc1cn(C)nn1)C1Cc2ccccc2C1. The van der Waals surface area contributed by atoms with Gasteiger partial charge in [0.15, 0.2) is 0 Å². The molecule has 0 fully saturated rings. The molecule has 4 nitrogen and oxygen atoms in total. The van der Waals surface area contributed by atoms with Gasteiger partial charge < -0.3 is 5.32 Å². The van der Waals surface area contributed by atoms with Crippen LogP contribution in [0.15, 0.2) is 30.5 Å². The number of aryl methyl sites for hydroxylation is 1. The highest BCUT2D eigenvalue weighted by Crippen LogP contribution is 2.29. The van der Waals surface area contributed by atoms with Gasteiger partial charge in [0, 0.05) is 25.7 Å². The third-order valence-corrected chi connectivity index (χ3v) is 4.20. The fraction of sp³-hybridized carbons (Fsp3) is 0.500. The van der Waals surface area contributed by atoms with E-state index in [1.165, 1.54) is 24.0 Å². The van der Waals surface area contributed by atoms with Gasteiger partial charge in [0.1, 0.15) is 0 Å². The molecule has 0 amide bonds. The molecule has 1 heterocycles. The van der Waals surface area contributed by atoms with Crippen LogP contribution in [0.25, 0.3) is 0 Å². The molecule has 0 radical (unpaired) electrons. The lowest BCUT2D eigenvalue weighted by Gasteiger charge is -2.23. The van der Waals surface area contributed by atoms with Crippen LogP contribution in [0.1, 0.15) is 23.7 Å². The number of nitrogens with one attached hydrogen (secondary N) is 1. The van der Waals surface area contributed by atoms with Gasteiger partial charge in [-0.2, -0.15) is 0 Å². The zero-order chi connectivity index (χ0) is 13.9. The van der Waals surface area contributed by atoms with E-state index in [1.807, 2.05) is 13.2 Å². The van der Waals surface area contributed by atoms with Crippen molar-refractivity contribution < 1.29 is 0 Å². The second-order valence-electron chi connectivity index (χ2n) is 5.69. The average Bonchev–Trinajstić information content (AvgIpc) is 3.04. The Morgan fingerprint density at radius 2 is 2.00 bits per heavy atom. The van der Waals surface area contributed by atoms with E-state index >= 15 is 0 Å². The Morgan fingerprint density at radius 3 is 2.55 bits per heavy atom. The van der Waals surface area contributed by atoms with E-state index in [2.05, 4.69) is 46.8 Å². The first-order valence-electron chi connectivity index (χ1n) is 7.41. The molecule has 1 aliphatic rings. The number of hydrogen-bond donors (Lipinski definition) is 1. The van der Waals surface area contributed by atoms with Crippen molar-refractivity contribution in [1.82, 2.24) is 20.3 Å². The Morgan fingerprint density at radius 1 is 1.30 bits per heavy atom. The summed E-state index contributed by atoms with van der Waals surface area (Å²) in [4.78, 5) is 0. The van der Waals surface area contributed by atoms with Gasteiger partial charge >= 0.3 is 0 Å². The molecule has 2 aromatic rings. The van der Waals surface area contributed by atoms with Gasteiger partial charge in [-0.15, -0.1) is 5.10 Å². The van der Waals surface area contributed by atoms with Crippen LogP contribution in [0.5, 0.6) is 0 Å². The Hall–Kier alpha value is -1.68. The van der Waals surface area contributed by atoms with Crippen molar-refractivity contribution in [2.24, 2.45) is 13.0 Å². The third kappa shape index (κ3) is 2.75. The highest BCUT2D eigenvalue weighted by atomic mass is 15.4. The summed E-state index contributed by atoms with van der Waals surface area (Å²) in [7, 11) is 1.92. The molecule has 0 bridgehead atoms. The molecule has 4 heteroatoms. The van der Waals surface area contributed by atoms with Gasteiger partial charge in [-0.25, -0.2) is 0 Å². The molecule has 0 aliphatic heterocycles. The van der Waals surface area contributed by atoms with E-state index in [0.717, 1.165) is 18.7 Å². The number of likely N-dealkylation sites (N-methyl/N-ethyl adjacent to an activating group) is 1. The minimum absolute atomic E-state index is 0.476. The van der Waals surface area contributed by atoms with Crippen LogP contribution in [0.4, 0.5) is 0 Å². The lowest BCUT2D eigenvalue weighted by Crippen LogP contribution is -2.38. The first-order valence-corrected chi connectivity index (χ1v) is 7.41. The lowest BCUT2D eigenvalue weighted by atomic mass is 9.93. The Kier molecular flexibility index (Phi) is 3.83. The fourth-order valence-corrected chi connectivity index (χ4v) is 3.26. The zero-order valence-corrected chi connectivity index (χ0v) is 12.2. The zero-order valence-electron chi connectivity index (χ0n) is 12.2. The quantitative estimate of drug-likeness (QED) is 0.900. The summed E-state index contributed by atoms with van der Waals surface area (Å²) in [6.07, 6.45) is 5.33. The maximum absolute atomic E-state index is 4.23. The summed E-state index contributed by atoms with van der Waals surface area (Å²) in [5.41, 5.74) is 4.11. The second-order valence-corrected chi connectivity index (χ2v) is 5.69. The summed E-state index contributed by atoms with van der Waals surface area (Å²) in [5.74, 6) is 0.661. The normalized spacial score (nSPS) is 16.3. The lowest BCUT2D eigenvalue weighted by molar-refractivity contribution is 0.365. The van der Waals surface area contributed by atoms with Crippen molar-refractivity contribution in [3.05, 3.63) is 47.3 Å². The molecule has 1 aromatic carbocycles. The van der Waals surface area contributed by atoms with Crippen LogP contribution in [0.2, 0.25) is 0 Å². The molecule has 0 saturated carbocycles. The molecule has 1 unspecified atom stereocenters. The minimum atomic E-state index is 0.476. The van der Waals surface area contributed by atoms with Gasteiger partial charge in [-0.3, -0.25) is 4.68 Å². The molecule has 106 valence electrons. The van der Waals surface area contributed by atoms with E-state index in [0.29, 0.717) is 12.0 Å². The maximum atomic E-state index is 4.23. The first-order chi connectivity index (χ1) is 9.76. The molecule has 1 aliphatic carbocycles. The van der Waals surface area contributed by atoms with Crippen molar-refractivity contribution in [3.63, 3.8) is 0 Å². The summed E-state index contributed by atoms with van der Waals surface area (Å²) in [6.45, 7) is 3.17. The van der Waals surface area contributed by atoms with Gasteiger partial charge in [0.25, 0.3) is 0 Å². The maximum Gasteiger partial charge on any atom is 0.0842 e. The molecular weight excluding hydrogens is 248 g/mol. The minimum Gasteiger partial charge on any atom is -0.314 e. The largest absolute Gasteiger partial charge is 0.314 e. The number of rotatable bonds is 5. The van der Waals surface area contributed by atoms with Crippen molar-refractivity contribution >= 4 is 0 Å². The number of hydrogen-bond acceptors (Lipinski definition) is 3. The van der Waals surface area contributed by atoms with Crippen LogP contribution < -0.4 is 5.32 Å². The molecule has 20 heavy (non-hydrogen) atoms. The highest BCUT2D eigenvalue weighted by Gasteiger charge is 2.28. The topological polar surface area (TPSA) is 42.7 Å². The number of benzene rings is 1. The van der Waals surface area contributed by atoms with Crippen molar-refractivity contribution in [2.75, 3.05) is 6.54 Å².